The maximum atomic E-state index is 13.0. The van der Waals surface area contributed by atoms with E-state index in [2.05, 4.69) is 26.2 Å². The normalized spacial score (nSPS) is 10.6. The van der Waals surface area contributed by atoms with E-state index in [0.717, 1.165) is 18.7 Å². The van der Waals surface area contributed by atoms with Crippen LogP contribution in [0.3, 0.4) is 0 Å². The molecule has 1 N–H and O–H groups in total. The zero-order valence-electron chi connectivity index (χ0n) is 8.41. The van der Waals surface area contributed by atoms with Gasteiger partial charge in [0, 0.05) is 24.2 Å². The molecule has 84 valence electrons. The van der Waals surface area contributed by atoms with Crippen LogP contribution in [0.5, 0.6) is 0 Å². The fraction of sp³-hybridized carbons (Fsp3) is 0.182. The van der Waals surface area contributed by atoms with Crippen LogP contribution in [-0.2, 0) is 13.1 Å². The standard InChI is InChI=1S/C11H10BrFN2S/c12-10-3-8(1-2-11(10)13)4-14-5-9-6-15-7-16-9/h1-3,6-7,14H,4-5H2. The van der Waals surface area contributed by atoms with Crippen LogP contribution >= 0.6 is 27.3 Å². The van der Waals surface area contributed by atoms with Crippen molar-refractivity contribution in [3.8, 4) is 0 Å². The molecule has 2 aromatic rings. The maximum Gasteiger partial charge on any atom is 0.137 e. The summed E-state index contributed by atoms with van der Waals surface area (Å²) in [5.74, 6) is -0.230. The van der Waals surface area contributed by atoms with Crippen molar-refractivity contribution in [3.05, 3.63) is 50.6 Å². The quantitative estimate of drug-likeness (QED) is 0.937. The zero-order chi connectivity index (χ0) is 11.4. The van der Waals surface area contributed by atoms with Crippen LogP contribution in [0.15, 0.2) is 34.4 Å². The van der Waals surface area contributed by atoms with Crippen molar-refractivity contribution >= 4 is 27.3 Å². The highest BCUT2D eigenvalue weighted by atomic mass is 79.9. The maximum absolute atomic E-state index is 13.0. The van der Waals surface area contributed by atoms with Gasteiger partial charge in [-0.1, -0.05) is 6.07 Å². The molecule has 5 heteroatoms. The predicted molar refractivity (Wildman–Crippen MR) is 66.8 cm³/mol. The molecule has 1 aromatic carbocycles. The molecule has 0 amide bonds. The summed E-state index contributed by atoms with van der Waals surface area (Å²) in [6.45, 7) is 1.51. The number of hydrogen-bond acceptors (Lipinski definition) is 3. The molecule has 0 aliphatic heterocycles. The fourth-order valence-corrected chi connectivity index (χ4v) is 2.30. The SMILES string of the molecule is Fc1ccc(CNCc2cncs2)cc1Br. The molecule has 0 spiro atoms. The molecule has 1 heterocycles. The van der Waals surface area contributed by atoms with Gasteiger partial charge in [0.25, 0.3) is 0 Å². The molecule has 0 bridgehead atoms. The lowest BCUT2D eigenvalue weighted by Crippen LogP contribution is -2.11. The Morgan fingerprint density at radius 1 is 1.38 bits per heavy atom. The molecule has 0 atom stereocenters. The Morgan fingerprint density at radius 3 is 2.94 bits per heavy atom. The van der Waals surface area contributed by atoms with Gasteiger partial charge >= 0.3 is 0 Å². The first-order chi connectivity index (χ1) is 7.75. The van der Waals surface area contributed by atoms with Gasteiger partial charge in [0.1, 0.15) is 5.82 Å². The van der Waals surface area contributed by atoms with Gasteiger partial charge in [0.05, 0.1) is 9.98 Å². The minimum atomic E-state index is -0.230. The van der Waals surface area contributed by atoms with E-state index in [0.29, 0.717) is 4.47 Å². The first-order valence-corrected chi connectivity index (χ1v) is 6.45. The highest BCUT2D eigenvalue weighted by Gasteiger charge is 2.00. The molecule has 2 nitrogen and oxygen atoms in total. The second-order valence-corrected chi connectivity index (χ2v) is 5.14. The molecular formula is C11H10BrFN2S. The summed E-state index contributed by atoms with van der Waals surface area (Å²) < 4.78 is 13.5. The van der Waals surface area contributed by atoms with Crippen molar-refractivity contribution < 1.29 is 4.39 Å². The van der Waals surface area contributed by atoms with Gasteiger partial charge in [-0.05, 0) is 33.6 Å². The van der Waals surface area contributed by atoms with Gasteiger partial charge in [-0.2, -0.15) is 0 Å². The highest BCUT2D eigenvalue weighted by Crippen LogP contribution is 2.16. The van der Waals surface area contributed by atoms with E-state index in [4.69, 9.17) is 0 Å². The van der Waals surface area contributed by atoms with Gasteiger partial charge in [-0.25, -0.2) is 4.39 Å². The van der Waals surface area contributed by atoms with E-state index < -0.39 is 0 Å². The number of hydrogen-bond donors (Lipinski definition) is 1. The summed E-state index contributed by atoms with van der Waals surface area (Å²) in [6, 6.07) is 5.03. The molecular weight excluding hydrogens is 291 g/mol. The third-order valence-electron chi connectivity index (χ3n) is 2.10. The van der Waals surface area contributed by atoms with Gasteiger partial charge in [0.2, 0.25) is 0 Å². The highest BCUT2D eigenvalue weighted by molar-refractivity contribution is 9.10. The van der Waals surface area contributed by atoms with Crippen LogP contribution in [0.2, 0.25) is 0 Å². The summed E-state index contributed by atoms with van der Waals surface area (Å²) in [6.07, 6.45) is 1.85. The van der Waals surface area contributed by atoms with Gasteiger partial charge in [-0.3, -0.25) is 4.98 Å². The lowest BCUT2D eigenvalue weighted by molar-refractivity contribution is 0.618. The summed E-state index contributed by atoms with van der Waals surface area (Å²) in [4.78, 5) is 5.19. The Hall–Kier alpha value is -0.780. The van der Waals surface area contributed by atoms with Crippen LogP contribution in [-0.4, -0.2) is 4.98 Å². The summed E-state index contributed by atoms with van der Waals surface area (Å²) >= 11 is 4.79. The molecule has 0 aliphatic carbocycles. The topological polar surface area (TPSA) is 24.9 Å². The number of aromatic nitrogens is 1. The van der Waals surface area contributed by atoms with Gasteiger partial charge < -0.3 is 5.32 Å². The average molecular weight is 301 g/mol. The van der Waals surface area contributed by atoms with E-state index >= 15 is 0 Å². The van der Waals surface area contributed by atoms with Crippen LogP contribution in [0.4, 0.5) is 4.39 Å². The number of nitrogens with zero attached hydrogens (tertiary/aromatic N) is 1. The minimum absolute atomic E-state index is 0.230. The second kappa shape index (κ2) is 5.52. The monoisotopic (exact) mass is 300 g/mol. The Kier molecular flexibility index (Phi) is 4.04. The molecule has 0 fully saturated rings. The lowest BCUT2D eigenvalue weighted by atomic mass is 10.2. The van der Waals surface area contributed by atoms with Crippen LogP contribution in [0.25, 0.3) is 0 Å². The fourth-order valence-electron chi connectivity index (χ4n) is 1.31. The van der Waals surface area contributed by atoms with Crippen molar-refractivity contribution in [2.75, 3.05) is 0 Å². The number of nitrogens with one attached hydrogen (secondary N) is 1. The van der Waals surface area contributed by atoms with Gasteiger partial charge in [0.15, 0.2) is 0 Å². The number of rotatable bonds is 4. The third-order valence-corrected chi connectivity index (χ3v) is 3.48. The minimum Gasteiger partial charge on any atom is -0.308 e. The summed E-state index contributed by atoms with van der Waals surface area (Å²) in [7, 11) is 0. The largest absolute Gasteiger partial charge is 0.308 e. The molecule has 0 saturated carbocycles. The summed E-state index contributed by atoms with van der Waals surface area (Å²) in [5, 5.41) is 3.28. The van der Waals surface area contributed by atoms with Crippen molar-refractivity contribution in [3.63, 3.8) is 0 Å². The first kappa shape index (κ1) is 11.7. The Balaban J connectivity index is 1.87. The van der Waals surface area contributed by atoms with Crippen molar-refractivity contribution in [1.29, 1.82) is 0 Å². The Labute approximate surface area is 106 Å². The molecule has 0 unspecified atom stereocenters. The number of benzene rings is 1. The van der Waals surface area contributed by atoms with E-state index in [1.165, 1.54) is 10.9 Å². The molecule has 0 radical (unpaired) electrons. The van der Waals surface area contributed by atoms with Crippen LogP contribution < -0.4 is 5.32 Å². The van der Waals surface area contributed by atoms with E-state index in [9.17, 15) is 4.39 Å². The van der Waals surface area contributed by atoms with Crippen molar-refractivity contribution in [2.24, 2.45) is 0 Å². The van der Waals surface area contributed by atoms with E-state index in [-0.39, 0.29) is 5.82 Å². The van der Waals surface area contributed by atoms with Crippen molar-refractivity contribution in [1.82, 2.24) is 10.3 Å². The number of thiazole rings is 1. The van der Waals surface area contributed by atoms with Crippen LogP contribution in [0.1, 0.15) is 10.4 Å². The zero-order valence-corrected chi connectivity index (χ0v) is 10.8. The van der Waals surface area contributed by atoms with E-state index in [1.54, 1.807) is 23.5 Å². The molecule has 2 rings (SSSR count). The molecule has 16 heavy (non-hydrogen) atoms. The molecule has 1 aromatic heterocycles. The predicted octanol–water partition coefficient (Wildman–Crippen LogP) is 3.33. The van der Waals surface area contributed by atoms with E-state index in [1.807, 2.05) is 11.7 Å². The van der Waals surface area contributed by atoms with Crippen molar-refractivity contribution in [2.45, 2.75) is 13.1 Å². The lowest BCUT2D eigenvalue weighted by Gasteiger charge is -2.04. The average Bonchev–Trinajstić information content (AvgIpc) is 2.76. The Bertz CT molecular complexity index is 459. The number of halogens is 2. The van der Waals surface area contributed by atoms with Gasteiger partial charge in [-0.15, -0.1) is 11.3 Å². The Morgan fingerprint density at radius 2 is 2.25 bits per heavy atom. The molecule has 0 saturated heterocycles. The third kappa shape index (κ3) is 3.10. The smallest absolute Gasteiger partial charge is 0.137 e. The summed E-state index contributed by atoms with van der Waals surface area (Å²) in [5.41, 5.74) is 2.86. The van der Waals surface area contributed by atoms with Crippen LogP contribution in [0, 0.1) is 5.82 Å². The molecule has 0 aliphatic rings. The second-order valence-electron chi connectivity index (χ2n) is 3.32. The first-order valence-electron chi connectivity index (χ1n) is 4.78.